The molecule has 4 amide bonds. The van der Waals surface area contributed by atoms with Crippen LogP contribution in [0, 0.1) is 13.8 Å². The van der Waals surface area contributed by atoms with Gasteiger partial charge >= 0.3 is 0 Å². The van der Waals surface area contributed by atoms with E-state index in [4.69, 9.17) is 18.9 Å². The van der Waals surface area contributed by atoms with Crippen molar-refractivity contribution < 1.29 is 38.1 Å². The first-order valence-corrected chi connectivity index (χ1v) is 27.5. The molecule has 0 unspecified atom stereocenters. The molecule has 416 valence electrons. The molecule has 0 bridgehead atoms. The third kappa shape index (κ3) is 15.2. The number of unbranched alkanes of at least 4 members (excludes halogenated alkanes) is 3. The summed E-state index contributed by atoms with van der Waals surface area (Å²) in [5.41, 5.74) is 7.36. The van der Waals surface area contributed by atoms with Crippen LogP contribution in [0.1, 0.15) is 110 Å². The highest BCUT2D eigenvalue weighted by Gasteiger charge is 2.50. The molecular formula is C62H80N8O8. The minimum Gasteiger partial charge on any atom is -0.497 e. The zero-order chi connectivity index (χ0) is 55.5. The summed E-state index contributed by atoms with van der Waals surface area (Å²) in [5.74, 6) is 1.88. The van der Waals surface area contributed by atoms with Gasteiger partial charge in [0, 0.05) is 80.4 Å². The predicted molar refractivity (Wildman–Crippen MR) is 302 cm³/mol. The van der Waals surface area contributed by atoms with Crippen LogP contribution in [0.25, 0.3) is 0 Å². The number of hydrogen-bond donors (Lipinski definition) is 4. The maximum Gasteiger partial charge on any atom is 0.245 e. The quantitative estimate of drug-likeness (QED) is 0.0363. The monoisotopic (exact) mass is 1060 g/mol. The molecule has 4 aromatic carbocycles. The predicted octanol–water partition coefficient (Wildman–Crippen LogP) is 8.70. The third-order valence-corrected chi connectivity index (χ3v) is 15.1. The number of benzene rings is 4. The number of hydrogen-bond acceptors (Lipinski definition) is 10. The second kappa shape index (κ2) is 28.2. The largest absolute Gasteiger partial charge is 0.497 e. The van der Waals surface area contributed by atoms with Crippen molar-refractivity contribution in [3.63, 3.8) is 0 Å². The van der Waals surface area contributed by atoms with Crippen molar-refractivity contribution in [1.82, 2.24) is 40.4 Å². The number of carbonyl (C=O) groups is 4. The minimum absolute atomic E-state index is 0.0540. The van der Waals surface area contributed by atoms with Crippen LogP contribution in [0.3, 0.4) is 0 Å². The van der Waals surface area contributed by atoms with Crippen LogP contribution < -0.4 is 24.8 Å². The van der Waals surface area contributed by atoms with Gasteiger partial charge in [0.25, 0.3) is 0 Å². The summed E-state index contributed by atoms with van der Waals surface area (Å²) in [4.78, 5) is 71.7. The molecule has 4 heterocycles. The lowest BCUT2D eigenvalue weighted by atomic mass is 9.69. The van der Waals surface area contributed by atoms with Crippen molar-refractivity contribution in [3.05, 3.63) is 161 Å². The number of H-pyrrole nitrogens is 2. The Morgan fingerprint density at radius 3 is 1.73 bits per heavy atom. The normalized spacial score (nSPS) is 14.9. The van der Waals surface area contributed by atoms with Crippen LogP contribution >= 0.6 is 0 Å². The summed E-state index contributed by atoms with van der Waals surface area (Å²) >= 11 is 0. The molecule has 2 saturated heterocycles. The Bertz CT molecular complexity index is 2840. The smallest absolute Gasteiger partial charge is 0.245 e. The molecule has 16 nitrogen and oxygen atoms in total. The van der Waals surface area contributed by atoms with Crippen LogP contribution in [0.5, 0.6) is 17.2 Å². The highest BCUT2D eigenvalue weighted by atomic mass is 16.5. The summed E-state index contributed by atoms with van der Waals surface area (Å²) < 4.78 is 22.7. The summed E-state index contributed by atoms with van der Waals surface area (Å²) in [7, 11) is 4.94. The molecule has 4 N–H and O–H groups in total. The zero-order valence-corrected chi connectivity index (χ0v) is 46.7. The summed E-state index contributed by atoms with van der Waals surface area (Å²) in [6.45, 7) is 11.1. The first-order valence-electron chi connectivity index (χ1n) is 27.5. The fourth-order valence-corrected chi connectivity index (χ4v) is 10.6. The lowest BCUT2D eigenvalue weighted by Gasteiger charge is -2.52. The molecule has 0 saturated carbocycles. The number of imidazole rings is 2. The highest BCUT2D eigenvalue weighted by Crippen LogP contribution is 2.44. The molecular weight excluding hydrogens is 985 g/mol. The second-order valence-corrected chi connectivity index (χ2v) is 20.7. The number of rotatable bonds is 27. The number of nitrogens with zero attached hydrogens (tertiary/aromatic N) is 4. The SMILES string of the molecule is CCCCCC1(c2ccccc2OC)CN(C(=O)[C@@H](Cc2ccc(OC)cc2)NC(=O)CCc2cnc[nH]2)C1.CCCCOC1(c2ccccc2C)CN(C(=O)[C@@H](Cc2ccc(OC)cc2)NC(=O)CCc2nc[nH]c2C)C1. The number of likely N-dealkylation sites (tertiary alicyclic amines) is 2. The van der Waals surface area contributed by atoms with Crippen LogP contribution in [-0.4, -0.2) is 120 Å². The van der Waals surface area contributed by atoms with Gasteiger partial charge in [0.15, 0.2) is 0 Å². The third-order valence-electron chi connectivity index (χ3n) is 15.1. The number of aromatic amines is 2. The molecule has 0 spiro atoms. The Kier molecular flexibility index (Phi) is 21.1. The van der Waals surface area contributed by atoms with Crippen LogP contribution in [0.2, 0.25) is 0 Å². The Balaban J connectivity index is 0.000000226. The number of carbonyl (C=O) groups excluding carboxylic acids is 4. The first-order chi connectivity index (χ1) is 37.8. The van der Waals surface area contributed by atoms with Crippen LogP contribution in [0.4, 0.5) is 0 Å². The van der Waals surface area contributed by atoms with E-state index in [1.54, 1.807) is 40.2 Å². The number of amides is 4. The van der Waals surface area contributed by atoms with Gasteiger partial charge in [0.2, 0.25) is 23.6 Å². The molecule has 78 heavy (non-hydrogen) atoms. The Labute approximate surface area is 460 Å². The minimum atomic E-state index is -0.684. The molecule has 8 rings (SSSR count). The first kappa shape index (κ1) is 58.2. The molecule has 16 heteroatoms. The molecule has 2 fully saturated rings. The highest BCUT2D eigenvalue weighted by molar-refractivity contribution is 5.89. The van der Waals surface area contributed by atoms with E-state index in [9.17, 15) is 19.2 Å². The van der Waals surface area contributed by atoms with Crippen LogP contribution in [0.15, 0.2) is 116 Å². The maximum absolute atomic E-state index is 13.9. The van der Waals surface area contributed by atoms with Gasteiger partial charge in [0.1, 0.15) is 34.9 Å². The summed E-state index contributed by atoms with van der Waals surface area (Å²) in [6.07, 6.45) is 13.7. The van der Waals surface area contributed by atoms with E-state index in [1.165, 1.54) is 0 Å². The van der Waals surface area contributed by atoms with E-state index in [0.717, 1.165) is 101 Å². The molecule has 2 aromatic heterocycles. The average molecular weight is 1070 g/mol. The average Bonchev–Trinajstić information content (AvgIpc) is 4.25. The van der Waals surface area contributed by atoms with E-state index < -0.39 is 17.7 Å². The van der Waals surface area contributed by atoms with Crippen LogP contribution in [-0.2, 0) is 60.6 Å². The number of aryl methyl sites for hydroxylation is 4. The maximum atomic E-state index is 13.9. The molecule has 2 atom stereocenters. The Hall–Kier alpha value is -7.46. The number of nitrogens with one attached hydrogen (secondary N) is 4. The summed E-state index contributed by atoms with van der Waals surface area (Å²) in [5, 5.41) is 6.04. The van der Waals surface area contributed by atoms with Gasteiger partial charge in [-0.15, -0.1) is 0 Å². The Morgan fingerprint density at radius 1 is 0.641 bits per heavy atom. The van der Waals surface area contributed by atoms with Crippen molar-refractivity contribution >= 4 is 23.6 Å². The molecule has 0 aliphatic carbocycles. The van der Waals surface area contributed by atoms with E-state index >= 15 is 0 Å². The van der Waals surface area contributed by atoms with E-state index in [2.05, 4.69) is 69.5 Å². The van der Waals surface area contributed by atoms with Gasteiger partial charge in [-0.2, -0.15) is 0 Å². The van der Waals surface area contributed by atoms with Gasteiger partial charge in [-0.05, 0) is 85.7 Å². The van der Waals surface area contributed by atoms with Gasteiger partial charge in [-0.1, -0.05) is 106 Å². The van der Waals surface area contributed by atoms with Gasteiger partial charge in [-0.25, -0.2) is 9.97 Å². The standard InChI is InChI=1S/2C31H40N4O4/c1-5-6-17-39-31(26-10-8-7-9-22(26)2)19-35(20-31)30(37)28(18-24-11-13-25(38-4)14-12-24)34-29(36)16-15-27-23(3)32-21-33-27;1-4-5-8-17-31(26-9-6-7-10-28(26)39-3)20-35(21-31)30(37)27(18-23-11-14-25(38-2)15-12-23)34-29(36)16-13-24-19-32-22-33-24/h7-14,21,28H,5-6,15-20H2,1-4H3,(H,32,33)(H,34,36);6-7,9-12,14-15,19,22,27H,4-5,8,13,16-18,20-21H2,1-3H3,(H,32,33)(H,34,36)/t28-;27-/m11/s1. The second-order valence-electron chi connectivity index (χ2n) is 20.7. The molecule has 0 radical (unpaired) electrons. The number of ether oxygens (including phenoxy) is 4. The van der Waals surface area contributed by atoms with E-state index in [-0.39, 0.29) is 41.9 Å². The van der Waals surface area contributed by atoms with Gasteiger partial charge in [-0.3, -0.25) is 19.2 Å². The fourth-order valence-electron chi connectivity index (χ4n) is 10.6. The Morgan fingerprint density at radius 2 is 1.21 bits per heavy atom. The molecule has 6 aromatic rings. The number of aromatic nitrogens is 4. The summed E-state index contributed by atoms with van der Waals surface area (Å²) in [6, 6.07) is 30.2. The van der Waals surface area contributed by atoms with E-state index in [0.29, 0.717) is 58.5 Å². The van der Waals surface area contributed by atoms with Crippen molar-refractivity contribution in [3.8, 4) is 17.2 Å². The number of para-hydroxylation sites is 1. The fraction of sp³-hybridized carbons (Fsp3) is 0.452. The number of methoxy groups -OCH3 is 3. The van der Waals surface area contributed by atoms with Crippen molar-refractivity contribution in [2.75, 3.05) is 54.1 Å². The lowest BCUT2D eigenvalue weighted by molar-refractivity contribution is -0.175. The van der Waals surface area contributed by atoms with Crippen molar-refractivity contribution in [1.29, 1.82) is 0 Å². The molecule has 2 aliphatic rings. The van der Waals surface area contributed by atoms with E-state index in [1.807, 2.05) is 95.6 Å². The topological polar surface area (TPSA) is 193 Å². The lowest BCUT2D eigenvalue weighted by Crippen LogP contribution is -2.66. The van der Waals surface area contributed by atoms with Crippen molar-refractivity contribution in [2.45, 2.75) is 128 Å². The van der Waals surface area contributed by atoms with Crippen molar-refractivity contribution in [2.24, 2.45) is 0 Å². The van der Waals surface area contributed by atoms with Gasteiger partial charge < -0.3 is 49.3 Å². The zero-order valence-electron chi connectivity index (χ0n) is 46.7. The van der Waals surface area contributed by atoms with Gasteiger partial charge in [0.05, 0.1) is 52.8 Å². The molecule has 2 aliphatic heterocycles.